The zero-order valence-electron chi connectivity index (χ0n) is 13.9. The maximum Gasteiger partial charge on any atom is 0.414 e. The molecule has 0 heterocycles. The third-order valence-corrected chi connectivity index (χ3v) is 6.97. The van der Waals surface area contributed by atoms with Gasteiger partial charge in [0, 0.05) is 0 Å². The Labute approximate surface area is 141 Å². The zero-order chi connectivity index (χ0) is 20.2. The standard InChI is InChI=1S/C11H20F6O6P2/c1-5-20-24(18,21-6-2)10(14,15)9(12,13)11(16,17)25(19,22-7-3)23-8-4/h5-8H2,1-4H3. The lowest BCUT2D eigenvalue weighted by atomic mass is 10.3. The van der Waals surface area contributed by atoms with Crippen LogP contribution in [0.15, 0.2) is 0 Å². The molecular weight excluding hydrogens is 404 g/mol. The Morgan fingerprint density at radius 3 is 0.960 bits per heavy atom. The first-order valence-corrected chi connectivity index (χ1v) is 10.2. The predicted octanol–water partition coefficient (Wildman–Crippen LogP) is 5.34. The summed E-state index contributed by atoms with van der Waals surface area (Å²) in [6.07, 6.45) is 0. The Hall–Kier alpha value is -0.120. The van der Waals surface area contributed by atoms with Crippen LogP contribution in [0.3, 0.4) is 0 Å². The van der Waals surface area contributed by atoms with Crippen molar-refractivity contribution in [3.63, 3.8) is 0 Å². The summed E-state index contributed by atoms with van der Waals surface area (Å²) in [6, 6.07) is 0. The average Bonchev–Trinajstić information content (AvgIpc) is 2.47. The number of halogens is 6. The Bertz CT molecular complexity index is 465. The normalized spacial score (nSPS) is 14.8. The van der Waals surface area contributed by atoms with Gasteiger partial charge in [0.15, 0.2) is 0 Å². The highest BCUT2D eigenvalue weighted by molar-refractivity contribution is 7.56. The maximum atomic E-state index is 14.2. The van der Waals surface area contributed by atoms with Crippen molar-refractivity contribution in [3.8, 4) is 0 Å². The Morgan fingerprint density at radius 2 is 0.800 bits per heavy atom. The fraction of sp³-hybridized carbons (Fsp3) is 1.00. The van der Waals surface area contributed by atoms with Crippen LogP contribution in [0, 0.1) is 0 Å². The fourth-order valence-electron chi connectivity index (χ4n) is 1.60. The molecule has 14 heteroatoms. The molecule has 152 valence electrons. The second-order valence-corrected chi connectivity index (χ2v) is 8.47. The predicted molar refractivity (Wildman–Crippen MR) is 76.6 cm³/mol. The van der Waals surface area contributed by atoms with Crippen molar-refractivity contribution in [1.29, 1.82) is 0 Å². The summed E-state index contributed by atoms with van der Waals surface area (Å²) in [4.78, 5) is 0. The minimum atomic E-state index is -6.43. The number of hydrogen-bond acceptors (Lipinski definition) is 6. The molecule has 0 amide bonds. The number of alkyl halides is 6. The average molecular weight is 424 g/mol. The molecule has 0 saturated carbocycles. The lowest BCUT2D eigenvalue weighted by Crippen LogP contribution is -2.54. The Balaban J connectivity index is 6.29. The van der Waals surface area contributed by atoms with Crippen LogP contribution in [0.4, 0.5) is 26.3 Å². The van der Waals surface area contributed by atoms with Crippen molar-refractivity contribution in [2.24, 2.45) is 0 Å². The van der Waals surface area contributed by atoms with Crippen LogP contribution in [0.2, 0.25) is 0 Å². The van der Waals surface area contributed by atoms with Gasteiger partial charge in [-0.05, 0) is 27.7 Å². The van der Waals surface area contributed by atoms with Gasteiger partial charge in [0.05, 0.1) is 26.4 Å². The topological polar surface area (TPSA) is 71.1 Å². The molecule has 0 saturated heterocycles. The molecule has 0 aliphatic heterocycles. The third-order valence-electron chi connectivity index (χ3n) is 2.64. The van der Waals surface area contributed by atoms with E-state index in [2.05, 4.69) is 18.1 Å². The molecule has 0 aliphatic carbocycles. The second-order valence-electron chi connectivity index (χ2n) is 4.32. The van der Waals surface area contributed by atoms with Gasteiger partial charge in [-0.25, -0.2) is 0 Å². The van der Waals surface area contributed by atoms with Crippen molar-refractivity contribution < 1.29 is 53.6 Å². The minimum Gasteiger partial charge on any atom is -0.305 e. The summed E-state index contributed by atoms with van der Waals surface area (Å²) in [5.74, 6) is -6.43. The highest BCUT2D eigenvalue weighted by Gasteiger charge is 2.85. The van der Waals surface area contributed by atoms with E-state index in [1.165, 1.54) is 0 Å². The van der Waals surface area contributed by atoms with Gasteiger partial charge in [-0.2, -0.15) is 26.3 Å². The maximum absolute atomic E-state index is 14.2. The number of rotatable bonds is 12. The van der Waals surface area contributed by atoms with E-state index >= 15 is 0 Å². The van der Waals surface area contributed by atoms with Crippen molar-refractivity contribution in [2.45, 2.75) is 44.9 Å². The molecule has 0 spiro atoms. The van der Waals surface area contributed by atoms with Gasteiger partial charge < -0.3 is 18.1 Å². The van der Waals surface area contributed by atoms with Gasteiger partial charge in [0.1, 0.15) is 0 Å². The van der Waals surface area contributed by atoms with E-state index in [1.807, 2.05) is 0 Å². The fourth-order valence-corrected chi connectivity index (χ4v) is 4.82. The summed E-state index contributed by atoms with van der Waals surface area (Å²) in [5.41, 5.74) is -12.0. The first-order valence-electron chi connectivity index (χ1n) is 7.16. The van der Waals surface area contributed by atoms with Crippen molar-refractivity contribution in [2.75, 3.05) is 26.4 Å². The van der Waals surface area contributed by atoms with E-state index < -0.39 is 58.9 Å². The van der Waals surface area contributed by atoms with Crippen LogP contribution < -0.4 is 0 Å². The monoisotopic (exact) mass is 424 g/mol. The van der Waals surface area contributed by atoms with E-state index in [0.717, 1.165) is 27.7 Å². The summed E-state index contributed by atoms with van der Waals surface area (Å²) < 4.78 is 125. The minimum absolute atomic E-state index is 0.789. The van der Waals surface area contributed by atoms with Gasteiger partial charge in [-0.3, -0.25) is 9.13 Å². The van der Waals surface area contributed by atoms with Gasteiger partial charge in [0.2, 0.25) is 0 Å². The molecule has 0 aromatic heterocycles. The second kappa shape index (κ2) is 8.71. The van der Waals surface area contributed by atoms with E-state index in [-0.39, 0.29) is 0 Å². The molecular formula is C11H20F6O6P2. The molecule has 0 rings (SSSR count). The lowest BCUT2D eigenvalue weighted by Gasteiger charge is -2.37. The van der Waals surface area contributed by atoms with E-state index in [4.69, 9.17) is 0 Å². The van der Waals surface area contributed by atoms with E-state index in [1.54, 1.807) is 0 Å². The van der Waals surface area contributed by atoms with Crippen molar-refractivity contribution in [1.82, 2.24) is 0 Å². The first kappa shape index (κ1) is 24.9. The summed E-state index contributed by atoms with van der Waals surface area (Å²) in [6.45, 7) is 0.914. The quantitative estimate of drug-likeness (QED) is 0.311. The van der Waals surface area contributed by atoms with Crippen LogP contribution in [0.1, 0.15) is 27.7 Å². The molecule has 0 N–H and O–H groups in total. The SMILES string of the molecule is CCOP(=O)(OCC)C(F)(F)C(F)(F)C(F)(F)P(=O)(OCC)OCC. The van der Waals surface area contributed by atoms with Gasteiger partial charge in [-0.1, -0.05) is 0 Å². The highest BCUT2D eigenvalue weighted by Crippen LogP contribution is 2.76. The van der Waals surface area contributed by atoms with E-state index in [9.17, 15) is 35.5 Å². The first-order chi connectivity index (χ1) is 11.2. The smallest absolute Gasteiger partial charge is 0.305 e. The Kier molecular flexibility index (Phi) is 8.67. The summed E-state index contributed by atoms with van der Waals surface area (Å²) >= 11 is 0. The zero-order valence-corrected chi connectivity index (χ0v) is 15.7. The molecule has 25 heavy (non-hydrogen) atoms. The molecule has 0 unspecified atom stereocenters. The van der Waals surface area contributed by atoms with Crippen LogP contribution in [-0.2, 0) is 27.2 Å². The Morgan fingerprint density at radius 1 is 0.600 bits per heavy atom. The van der Waals surface area contributed by atoms with Crippen LogP contribution in [0.25, 0.3) is 0 Å². The molecule has 0 aromatic rings. The van der Waals surface area contributed by atoms with Crippen LogP contribution in [0.5, 0.6) is 0 Å². The van der Waals surface area contributed by atoms with E-state index in [0.29, 0.717) is 0 Å². The van der Waals surface area contributed by atoms with Gasteiger partial charge in [-0.15, -0.1) is 0 Å². The molecule has 0 atom stereocenters. The van der Waals surface area contributed by atoms with Gasteiger partial charge >= 0.3 is 32.4 Å². The van der Waals surface area contributed by atoms with Crippen molar-refractivity contribution >= 4 is 15.2 Å². The molecule has 0 radical (unpaired) electrons. The van der Waals surface area contributed by atoms with Gasteiger partial charge in [0.25, 0.3) is 0 Å². The molecule has 0 aliphatic rings. The number of hydrogen-bond donors (Lipinski definition) is 0. The summed E-state index contributed by atoms with van der Waals surface area (Å²) in [5, 5.41) is 0. The summed E-state index contributed by atoms with van der Waals surface area (Å²) in [7, 11) is -12.1. The molecule has 0 fully saturated rings. The highest BCUT2D eigenvalue weighted by atomic mass is 31.2. The molecule has 0 aromatic carbocycles. The van der Waals surface area contributed by atoms with Crippen LogP contribution in [-0.4, -0.2) is 43.7 Å². The van der Waals surface area contributed by atoms with Crippen molar-refractivity contribution in [3.05, 3.63) is 0 Å². The van der Waals surface area contributed by atoms with Crippen LogP contribution >= 0.6 is 15.2 Å². The largest absolute Gasteiger partial charge is 0.414 e. The molecule has 0 bridgehead atoms. The lowest BCUT2D eigenvalue weighted by molar-refractivity contribution is -0.258. The third kappa shape index (κ3) is 4.25. The molecule has 6 nitrogen and oxygen atoms in total.